The van der Waals surface area contributed by atoms with Crippen molar-refractivity contribution in [3.05, 3.63) is 60.3 Å². The summed E-state index contributed by atoms with van der Waals surface area (Å²) < 4.78 is 0. The summed E-state index contributed by atoms with van der Waals surface area (Å²) in [6.45, 7) is 2.06. The molecule has 4 rings (SSSR count). The van der Waals surface area contributed by atoms with Gasteiger partial charge >= 0.3 is 0 Å². The lowest BCUT2D eigenvalue weighted by molar-refractivity contribution is 0.805. The minimum Gasteiger partial charge on any atom is -0.360 e. The number of H-pyrrole nitrogens is 1. The van der Waals surface area contributed by atoms with Crippen molar-refractivity contribution in [2.24, 2.45) is 0 Å². The fourth-order valence-electron chi connectivity index (χ4n) is 2.60. The number of aromatic nitrogens is 4. The van der Waals surface area contributed by atoms with Gasteiger partial charge in [0.1, 0.15) is 22.8 Å². The van der Waals surface area contributed by atoms with E-state index in [0.29, 0.717) is 0 Å². The Hall–Kier alpha value is -2.73. The molecule has 23 heavy (non-hydrogen) atoms. The number of nitrogens with zero attached hydrogens (tertiary/aromatic N) is 3. The summed E-state index contributed by atoms with van der Waals surface area (Å²) in [5.74, 6) is 1.72. The van der Waals surface area contributed by atoms with Crippen molar-refractivity contribution >= 4 is 27.4 Å². The molecule has 4 aromatic rings. The first-order chi connectivity index (χ1) is 11.3. The molecule has 0 aliphatic heterocycles. The molecule has 1 aromatic carbocycles. The molecular formula is C17H15N5S. The van der Waals surface area contributed by atoms with Crippen LogP contribution in [-0.4, -0.2) is 19.9 Å². The topological polar surface area (TPSA) is 66.5 Å². The minimum atomic E-state index is 0.0339. The van der Waals surface area contributed by atoms with Crippen LogP contribution in [0.3, 0.4) is 0 Å². The third-order valence-electron chi connectivity index (χ3n) is 3.74. The molecule has 5 nitrogen and oxygen atoms in total. The Balaban J connectivity index is 1.79. The number of rotatable bonds is 4. The molecule has 0 spiro atoms. The van der Waals surface area contributed by atoms with Gasteiger partial charge in [-0.15, -0.1) is 11.3 Å². The van der Waals surface area contributed by atoms with Crippen molar-refractivity contribution in [1.29, 1.82) is 0 Å². The Morgan fingerprint density at radius 1 is 1.13 bits per heavy atom. The Morgan fingerprint density at radius 3 is 2.78 bits per heavy atom. The van der Waals surface area contributed by atoms with Gasteiger partial charge in [0, 0.05) is 23.3 Å². The zero-order valence-electron chi connectivity index (χ0n) is 12.5. The SMILES string of the molecule is C[C@@H](Nc1ncnc2scc(-c3ccccc3)c12)c1ncc[nH]1. The molecule has 114 valence electrons. The Morgan fingerprint density at radius 2 is 2.00 bits per heavy atom. The van der Waals surface area contributed by atoms with Gasteiger partial charge in [-0.1, -0.05) is 30.3 Å². The van der Waals surface area contributed by atoms with Crippen molar-refractivity contribution in [1.82, 2.24) is 19.9 Å². The fourth-order valence-corrected chi connectivity index (χ4v) is 3.52. The maximum Gasteiger partial charge on any atom is 0.139 e. The van der Waals surface area contributed by atoms with Crippen molar-refractivity contribution in [3.8, 4) is 11.1 Å². The monoisotopic (exact) mass is 321 g/mol. The summed E-state index contributed by atoms with van der Waals surface area (Å²) in [6.07, 6.45) is 5.18. The van der Waals surface area contributed by atoms with Crippen molar-refractivity contribution in [3.63, 3.8) is 0 Å². The van der Waals surface area contributed by atoms with Crippen LogP contribution in [0, 0.1) is 0 Å². The number of aromatic amines is 1. The summed E-state index contributed by atoms with van der Waals surface area (Å²) >= 11 is 1.63. The van der Waals surface area contributed by atoms with Gasteiger partial charge in [0.05, 0.1) is 11.4 Å². The number of hydrogen-bond donors (Lipinski definition) is 2. The average Bonchev–Trinajstić information content (AvgIpc) is 3.26. The molecule has 0 fully saturated rings. The zero-order valence-corrected chi connectivity index (χ0v) is 13.3. The lowest BCUT2D eigenvalue weighted by Gasteiger charge is -2.13. The lowest BCUT2D eigenvalue weighted by atomic mass is 10.1. The van der Waals surface area contributed by atoms with E-state index in [1.54, 1.807) is 23.9 Å². The van der Waals surface area contributed by atoms with Crippen molar-refractivity contribution in [2.45, 2.75) is 13.0 Å². The summed E-state index contributed by atoms with van der Waals surface area (Å²) in [5.41, 5.74) is 2.32. The highest BCUT2D eigenvalue weighted by atomic mass is 32.1. The molecule has 2 N–H and O–H groups in total. The van der Waals surface area contributed by atoms with Gasteiger partial charge in [0.25, 0.3) is 0 Å². The Kier molecular flexibility index (Phi) is 3.51. The van der Waals surface area contributed by atoms with Crippen LogP contribution in [0.15, 0.2) is 54.4 Å². The molecule has 0 unspecified atom stereocenters. The maximum absolute atomic E-state index is 4.46. The summed E-state index contributed by atoms with van der Waals surface area (Å²) in [6, 6.07) is 10.4. The van der Waals surface area contributed by atoms with Gasteiger partial charge in [-0.05, 0) is 12.5 Å². The molecule has 0 amide bonds. The second kappa shape index (κ2) is 5.81. The van der Waals surface area contributed by atoms with Crippen molar-refractivity contribution in [2.75, 3.05) is 5.32 Å². The smallest absolute Gasteiger partial charge is 0.139 e. The van der Waals surface area contributed by atoms with Crippen LogP contribution in [0.5, 0.6) is 0 Å². The Labute approximate surface area is 137 Å². The highest BCUT2D eigenvalue weighted by Crippen LogP contribution is 2.37. The second-order valence-corrected chi connectivity index (χ2v) is 6.12. The Bertz CT molecular complexity index is 915. The van der Waals surface area contributed by atoms with Gasteiger partial charge in [-0.25, -0.2) is 15.0 Å². The number of anilines is 1. The number of benzene rings is 1. The maximum atomic E-state index is 4.46. The second-order valence-electron chi connectivity index (χ2n) is 5.26. The highest BCUT2D eigenvalue weighted by molar-refractivity contribution is 7.17. The number of hydrogen-bond acceptors (Lipinski definition) is 5. The van der Waals surface area contributed by atoms with Crippen LogP contribution in [0.25, 0.3) is 21.3 Å². The van der Waals surface area contributed by atoms with E-state index < -0.39 is 0 Å². The third-order valence-corrected chi connectivity index (χ3v) is 4.62. The number of fused-ring (bicyclic) bond motifs is 1. The van der Waals surface area contributed by atoms with Gasteiger partial charge in [-0.3, -0.25) is 0 Å². The minimum absolute atomic E-state index is 0.0339. The molecule has 3 heterocycles. The first-order valence-electron chi connectivity index (χ1n) is 7.36. The predicted molar refractivity (Wildman–Crippen MR) is 93.5 cm³/mol. The molecule has 1 atom stereocenters. The standard InChI is InChI=1S/C17H15N5S/c1-11(15-18-7-8-19-15)22-16-14-13(12-5-3-2-4-6-12)9-23-17(14)21-10-20-16/h2-11H,1H3,(H,18,19)(H,20,21,22)/t11-/m1/s1. The van der Waals surface area contributed by atoms with E-state index >= 15 is 0 Å². The van der Waals surface area contributed by atoms with Crippen LogP contribution in [0.2, 0.25) is 0 Å². The summed E-state index contributed by atoms with van der Waals surface area (Å²) in [7, 11) is 0. The number of imidazole rings is 1. The average molecular weight is 321 g/mol. The summed E-state index contributed by atoms with van der Waals surface area (Å²) in [4.78, 5) is 17.3. The van der Waals surface area contributed by atoms with E-state index in [0.717, 1.165) is 27.4 Å². The van der Waals surface area contributed by atoms with E-state index in [4.69, 9.17) is 0 Å². The molecule has 0 bridgehead atoms. The number of nitrogens with one attached hydrogen (secondary N) is 2. The third kappa shape index (κ3) is 2.57. The van der Waals surface area contributed by atoms with E-state index in [9.17, 15) is 0 Å². The first-order valence-corrected chi connectivity index (χ1v) is 8.24. The quantitative estimate of drug-likeness (QED) is 0.589. The molecule has 0 aliphatic carbocycles. The van der Waals surface area contributed by atoms with Gasteiger partial charge < -0.3 is 10.3 Å². The van der Waals surface area contributed by atoms with Crippen LogP contribution in [0.4, 0.5) is 5.82 Å². The lowest BCUT2D eigenvalue weighted by Crippen LogP contribution is -2.10. The zero-order chi connectivity index (χ0) is 15.6. The summed E-state index contributed by atoms with van der Waals surface area (Å²) in [5, 5.41) is 6.64. The van der Waals surface area contributed by atoms with E-state index in [2.05, 4.69) is 49.7 Å². The largest absolute Gasteiger partial charge is 0.360 e. The van der Waals surface area contributed by atoms with E-state index in [-0.39, 0.29) is 6.04 Å². The van der Waals surface area contributed by atoms with Crippen LogP contribution in [0.1, 0.15) is 18.8 Å². The van der Waals surface area contributed by atoms with Crippen LogP contribution < -0.4 is 5.32 Å². The normalized spacial score (nSPS) is 12.4. The first kappa shape index (κ1) is 13.9. The van der Waals surface area contributed by atoms with E-state index in [1.165, 1.54) is 5.56 Å². The van der Waals surface area contributed by atoms with Gasteiger partial charge in [-0.2, -0.15) is 0 Å². The molecule has 0 saturated heterocycles. The molecular weight excluding hydrogens is 306 g/mol. The molecule has 0 aliphatic rings. The molecule has 0 saturated carbocycles. The molecule has 3 aromatic heterocycles. The molecule has 6 heteroatoms. The van der Waals surface area contributed by atoms with Crippen molar-refractivity contribution < 1.29 is 0 Å². The van der Waals surface area contributed by atoms with E-state index in [1.807, 2.05) is 24.4 Å². The van der Waals surface area contributed by atoms with Gasteiger partial charge in [0.15, 0.2) is 0 Å². The van der Waals surface area contributed by atoms with Crippen LogP contribution >= 0.6 is 11.3 Å². The predicted octanol–water partition coefficient (Wildman–Crippen LogP) is 4.25. The number of thiophene rings is 1. The van der Waals surface area contributed by atoms with Gasteiger partial charge in [0.2, 0.25) is 0 Å². The highest BCUT2D eigenvalue weighted by Gasteiger charge is 2.15. The van der Waals surface area contributed by atoms with Crippen LogP contribution in [-0.2, 0) is 0 Å². The fraction of sp³-hybridized carbons (Fsp3) is 0.118. The molecule has 0 radical (unpaired) electrons.